The summed E-state index contributed by atoms with van der Waals surface area (Å²) in [6, 6.07) is 1.63. The van der Waals surface area contributed by atoms with Gasteiger partial charge in [0.1, 0.15) is 5.03 Å². The fourth-order valence-electron chi connectivity index (χ4n) is 4.89. The first-order chi connectivity index (χ1) is 17.8. The predicted octanol–water partition coefficient (Wildman–Crippen LogP) is 4.19. The Bertz CT molecular complexity index is 1430. The molecular weight excluding hydrogens is 515 g/mol. The minimum atomic E-state index is -4.49. The van der Waals surface area contributed by atoms with Crippen molar-refractivity contribution in [3.63, 3.8) is 0 Å². The molecule has 2 aliphatic rings. The summed E-state index contributed by atoms with van der Waals surface area (Å²) in [7, 11) is 2.10. The molecule has 3 aromatic rings. The van der Waals surface area contributed by atoms with E-state index >= 15 is 0 Å². The number of aromatic nitrogens is 4. The minimum Gasteiger partial charge on any atom is -0.363 e. The zero-order valence-electron chi connectivity index (χ0n) is 21.7. The van der Waals surface area contributed by atoms with Crippen LogP contribution < -0.4 is 10.6 Å². The second kappa shape index (κ2) is 9.54. The van der Waals surface area contributed by atoms with Crippen molar-refractivity contribution in [1.82, 2.24) is 29.4 Å². The minimum absolute atomic E-state index is 0.0243. The normalized spacial score (nSPS) is 21.5. The smallest absolute Gasteiger partial charge is 0.363 e. The molecule has 12 heteroatoms. The molecule has 1 aliphatic heterocycles. The Morgan fingerprint density at radius 1 is 1.32 bits per heavy atom. The van der Waals surface area contributed by atoms with Gasteiger partial charge in [-0.1, -0.05) is 11.8 Å². The van der Waals surface area contributed by atoms with E-state index in [1.165, 1.54) is 23.0 Å². The first-order valence-electron chi connectivity index (χ1n) is 12.4. The van der Waals surface area contributed by atoms with Crippen LogP contribution in [0.15, 0.2) is 35.9 Å². The highest BCUT2D eigenvalue weighted by atomic mass is 32.2. The summed E-state index contributed by atoms with van der Waals surface area (Å²) in [5, 5.41) is 10.4. The Labute approximate surface area is 223 Å². The van der Waals surface area contributed by atoms with Crippen LogP contribution in [0.1, 0.15) is 49.5 Å². The van der Waals surface area contributed by atoms with E-state index < -0.39 is 5.51 Å². The Kier molecular flexibility index (Phi) is 6.64. The van der Waals surface area contributed by atoms with Crippen molar-refractivity contribution in [2.45, 2.75) is 55.2 Å². The third-order valence-electron chi connectivity index (χ3n) is 7.03. The van der Waals surface area contributed by atoms with E-state index in [0.717, 1.165) is 25.9 Å². The summed E-state index contributed by atoms with van der Waals surface area (Å²) >= 11 is -0.206. The van der Waals surface area contributed by atoms with Crippen molar-refractivity contribution >= 4 is 29.0 Å². The number of alkyl halides is 3. The molecule has 202 valence electrons. The van der Waals surface area contributed by atoms with E-state index in [4.69, 9.17) is 0 Å². The second-order valence-corrected chi connectivity index (χ2v) is 12.0. The fraction of sp³-hybridized carbons (Fsp3) is 0.500. The van der Waals surface area contributed by atoms with E-state index in [9.17, 15) is 18.0 Å². The van der Waals surface area contributed by atoms with Gasteiger partial charge in [-0.25, -0.2) is 4.98 Å². The number of halogens is 3. The molecule has 1 aliphatic carbocycles. The molecule has 5 rings (SSSR count). The van der Waals surface area contributed by atoms with Crippen LogP contribution in [0, 0.1) is 17.8 Å². The maximum absolute atomic E-state index is 13.5. The third kappa shape index (κ3) is 5.49. The van der Waals surface area contributed by atoms with E-state index in [1.807, 2.05) is 20.8 Å². The standard InChI is InChI=1S/C26H30F3N7OS/c1-24(2,3)36-15-18(14-32-36)22(37)31-8-5-6-17-12-20-21(33-25-7-10-34(4)16-19(25)13-25)30-9-11-35(20)23(17)38-26(27,28)29/h9,11-12,14-15,19H,7-8,10,13,16H2,1-4H3,(H,30,33)(H,31,37)/t19-,25+/m0/s1. The van der Waals surface area contributed by atoms with Crippen molar-refractivity contribution in [1.29, 1.82) is 0 Å². The molecule has 0 unspecified atom stereocenters. The quantitative estimate of drug-likeness (QED) is 0.370. The molecule has 1 amide bonds. The number of carbonyl (C=O) groups excluding carboxylic acids is 1. The monoisotopic (exact) mass is 545 g/mol. The van der Waals surface area contributed by atoms with Gasteiger partial charge < -0.3 is 19.9 Å². The molecular formula is C26H30F3N7OS. The van der Waals surface area contributed by atoms with Crippen molar-refractivity contribution in [3.8, 4) is 11.8 Å². The Morgan fingerprint density at radius 2 is 2.11 bits per heavy atom. The SMILES string of the molecule is CN1CC[C@@]2(Nc3nccn4c(SC(F)(F)F)c(C#CCNC(=O)c5cnn(C(C)(C)C)c5)cc34)C[C@H]2C1. The summed E-state index contributed by atoms with van der Waals surface area (Å²) in [5.74, 6) is 6.33. The number of rotatable bonds is 5. The molecule has 4 heterocycles. The molecule has 0 spiro atoms. The molecule has 2 atom stereocenters. The van der Waals surface area contributed by atoms with E-state index in [-0.39, 0.29) is 45.9 Å². The highest BCUT2D eigenvalue weighted by Crippen LogP contribution is 2.51. The molecule has 0 radical (unpaired) electrons. The van der Waals surface area contributed by atoms with Crippen LogP contribution >= 0.6 is 11.8 Å². The molecule has 0 aromatic carbocycles. The lowest BCUT2D eigenvalue weighted by Gasteiger charge is -2.30. The largest absolute Gasteiger partial charge is 0.447 e. The van der Waals surface area contributed by atoms with Gasteiger partial charge in [-0.2, -0.15) is 18.3 Å². The van der Waals surface area contributed by atoms with Gasteiger partial charge >= 0.3 is 5.51 Å². The maximum Gasteiger partial charge on any atom is 0.447 e. The van der Waals surface area contributed by atoms with Gasteiger partial charge in [-0.3, -0.25) is 9.48 Å². The lowest BCUT2D eigenvalue weighted by molar-refractivity contribution is -0.0329. The highest BCUT2D eigenvalue weighted by molar-refractivity contribution is 8.00. The van der Waals surface area contributed by atoms with Crippen LogP contribution in [0.4, 0.5) is 19.0 Å². The molecule has 3 aromatic heterocycles. The molecule has 1 saturated carbocycles. The van der Waals surface area contributed by atoms with Gasteiger partial charge in [0.2, 0.25) is 0 Å². The molecule has 8 nitrogen and oxygen atoms in total. The van der Waals surface area contributed by atoms with Gasteiger partial charge in [0.15, 0.2) is 5.82 Å². The number of nitrogens with zero attached hydrogens (tertiary/aromatic N) is 5. The van der Waals surface area contributed by atoms with Gasteiger partial charge in [0, 0.05) is 49.0 Å². The molecule has 2 N–H and O–H groups in total. The van der Waals surface area contributed by atoms with Crippen molar-refractivity contribution in [2.24, 2.45) is 5.92 Å². The van der Waals surface area contributed by atoms with Crippen LogP contribution in [0.25, 0.3) is 5.52 Å². The number of hydrogen-bond donors (Lipinski definition) is 2. The van der Waals surface area contributed by atoms with Crippen molar-refractivity contribution in [3.05, 3.63) is 42.0 Å². The second-order valence-electron chi connectivity index (χ2n) is 11.0. The van der Waals surface area contributed by atoms with E-state index in [1.54, 1.807) is 16.9 Å². The summed E-state index contributed by atoms with van der Waals surface area (Å²) in [6.45, 7) is 7.84. The summed E-state index contributed by atoms with van der Waals surface area (Å²) in [4.78, 5) is 19.2. The number of piperidine rings is 1. The van der Waals surface area contributed by atoms with Crippen LogP contribution in [0.3, 0.4) is 0 Å². The number of anilines is 1. The summed E-state index contributed by atoms with van der Waals surface area (Å²) < 4.78 is 43.6. The highest BCUT2D eigenvalue weighted by Gasteiger charge is 2.56. The van der Waals surface area contributed by atoms with Gasteiger partial charge in [-0.15, -0.1) is 0 Å². The Hall–Kier alpha value is -3.17. The molecule has 2 fully saturated rings. The maximum atomic E-state index is 13.5. The first kappa shape index (κ1) is 26.4. The lowest BCUT2D eigenvalue weighted by atomic mass is 10.1. The van der Waals surface area contributed by atoms with Crippen molar-refractivity contribution in [2.75, 3.05) is 32.0 Å². The number of fused-ring (bicyclic) bond motifs is 2. The van der Waals surface area contributed by atoms with E-state index in [2.05, 4.69) is 44.5 Å². The molecule has 1 saturated heterocycles. The zero-order chi connectivity index (χ0) is 27.3. The molecule has 38 heavy (non-hydrogen) atoms. The molecule has 0 bridgehead atoms. The van der Waals surface area contributed by atoms with Crippen molar-refractivity contribution < 1.29 is 18.0 Å². The van der Waals surface area contributed by atoms with Crippen LogP contribution in [-0.2, 0) is 5.54 Å². The topological polar surface area (TPSA) is 79.5 Å². The number of amides is 1. The zero-order valence-corrected chi connectivity index (χ0v) is 22.5. The number of thioether (sulfide) groups is 1. The van der Waals surface area contributed by atoms with Crippen LogP contribution in [0.5, 0.6) is 0 Å². The fourth-order valence-corrected chi connectivity index (χ4v) is 5.58. The van der Waals surface area contributed by atoms with Crippen LogP contribution in [-0.4, -0.2) is 67.7 Å². The third-order valence-corrected chi connectivity index (χ3v) is 7.87. The van der Waals surface area contributed by atoms with E-state index in [0.29, 0.717) is 22.8 Å². The summed E-state index contributed by atoms with van der Waals surface area (Å²) in [6.07, 6.45) is 8.13. The van der Waals surface area contributed by atoms with Gasteiger partial charge in [0.05, 0.1) is 34.9 Å². The first-order valence-corrected chi connectivity index (χ1v) is 13.2. The number of hydrogen-bond acceptors (Lipinski definition) is 6. The lowest BCUT2D eigenvalue weighted by Crippen LogP contribution is -2.39. The number of likely N-dealkylation sites (tertiary alicyclic amines) is 1. The number of carbonyl (C=O) groups is 1. The van der Waals surface area contributed by atoms with Gasteiger partial charge in [0.25, 0.3) is 5.91 Å². The number of nitrogens with one attached hydrogen (secondary N) is 2. The van der Waals surface area contributed by atoms with Crippen LogP contribution in [0.2, 0.25) is 0 Å². The Morgan fingerprint density at radius 3 is 2.79 bits per heavy atom. The average molecular weight is 546 g/mol. The van der Waals surface area contributed by atoms with Gasteiger partial charge in [-0.05, 0) is 52.6 Å². The Balaban J connectivity index is 1.36. The summed E-state index contributed by atoms with van der Waals surface area (Å²) in [5.41, 5.74) is -3.65. The average Bonchev–Trinajstić information content (AvgIpc) is 3.15. The predicted molar refractivity (Wildman–Crippen MR) is 140 cm³/mol.